The van der Waals surface area contributed by atoms with E-state index in [0.29, 0.717) is 29.0 Å². The Morgan fingerprint density at radius 1 is 1.22 bits per heavy atom. The molecule has 1 aliphatic heterocycles. The summed E-state index contributed by atoms with van der Waals surface area (Å²) in [6.45, 7) is 4.05. The molecular weight excluding hydrogens is 382 g/mol. The first-order valence-corrected chi connectivity index (χ1v) is 9.58. The van der Waals surface area contributed by atoms with Gasteiger partial charge in [-0.15, -0.1) is 5.10 Å². The van der Waals surface area contributed by atoms with Crippen LogP contribution in [0.4, 0.5) is 0 Å². The quantitative estimate of drug-likeness (QED) is 0.433. The first-order chi connectivity index (χ1) is 13.2. The van der Waals surface area contributed by atoms with E-state index in [2.05, 4.69) is 22.1 Å². The molecule has 5 nitrogen and oxygen atoms in total. The molecular formula is C20H18ClN3O2S. The fourth-order valence-electron chi connectivity index (χ4n) is 2.46. The van der Waals surface area contributed by atoms with Crippen molar-refractivity contribution in [2.75, 3.05) is 6.61 Å². The van der Waals surface area contributed by atoms with Gasteiger partial charge in [0.2, 0.25) is 5.91 Å². The molecule has 2 aromatic carbocycles. The molecule has 1 amide bonds. The van der Waals surface area contributed by atoms with Crippen molar-refractivity contribution in [1.29, 1.82) is 0 Å². The number of nitrogens with one attached hydrogen (secondary N) is 1. The number of rotatable bonds is 7. The number of hydrogen-bond acceptors (Lipinski definition) is 5. The van der Waals surface area contributed by atoms with E-state index < -0.39 is 0 Å². The molecule has 0 bridgehead atoms. The zero-order valence-corrected chi connectivity index (χ0v) is 16.0. The number of hydrogen-bond donors (Lipinski definition) is 1. The van der Waals surface area contributed by atoms with Gasteiger partial charge in [-0.2, -0.15) is 5.10 Å². The Kier molecular flexibility index (Phi) is 6.68. The fraction of sp³-hybridized carbons (Fsp3) is 0.150. The van der Waals surface area contributed by atoms with E-state index in [0.717, 1.165) is 11.1 Å². The molecule has 7 heteroatoms. The number of carbonyl (C=O) groups is 1. The van der Waals surface area contributed by atoms with Crippen molar-refractivity contribution in [1.82, 2.24) is 5.32 Å². The zero-order valence-electron chi connectivity index (χ0n) is 14.5. The van der Waals surface area contributed by atoms with Crippen molar-refractivity contribution < 1.29 is 9.53 Å². The number of amidine groups is 1. The minimum Gasteiger partial charge on any atom is -0.489 e. The summed E-state index contributed by atoms with van der Waals surface area (Å²) >= 11 is 7.52. The maximum absolute atomic E-state index is 12.2. The van der Waals surface area contributed by atoms with Crippen LogP contribution in [0.15, 0.2) is 71.4 Å². The summed E-state index contributed by atoms with van der Waals surface area (Å²) in [4.78, 5) is 12.2. The Morgan fingerprint density at radius 3 is 2.81 bits per heavy atom. The van der Waals surface area contributed by atoms with Gasteiger partial charge >= 0.3 is 0 Å². The number of ether oxygens (including phenoxy) is 1. The van der Waals surface area contributed by atoms with Crippen molar-refractivity contribution in [3.63, 3.8) is 0 Å². The highest BCUT2D eigenvalue weighted by atomic mass is 35.5. The Bertz CT molecular complexity index is 898. The van der Waals surface area contributed by atoms with Crippen LogP contribution in [0.1, 0.15) is 11.1 Å². The topological polar surface area (TPSA) is 63.1 Å². The third kappa shape index (κ3) is 5.21. The minimum atomic E-state index is -0.276. The highest BCUT2D eigenvalue weighted by Gasteiger charge is 2.30. The van der Waals surface area contributed by atoms with Crippen LogP contribution in [-0.4, -0.2) is 29.1 Å². The maximum atomic E-state index is 12.2. The van der Waals surface area contributed by atoms with Gasteiger partial charge in [0.1, 0.15) is 12.4 Å². The second kappa shape index (κ2) is 9.39. The Labute approximate surface area is 167 Å². The van der Waals surface area contributed by atoms with Crippen LogP contribution in [-0.2, 0) is 11.2 Å². The van der Waals surface area contributed by atoms with Crippen LogP contribution in [0.2, 0.25) is 5.02 Å². The number of amides is 1. The highest BCUT2D eigenvalue weighted by Crippen LogP contribution is 2.26. The summed E-state index contributed by atoms with van der Waals surface area (Å²) < 4.78 is 5.58. The van der Waals surface area contributed by atoms with Crippen molar-refractivity contribution in [3.05, 3.63) is 77.3 Å². The maximum Gasteiger partial charge on any atom is 0.239 e. The molecule has 0 aliphatic carbocycles. The Morgan fingerprint density at radius 2 is 2.00 bits per heavy atom. The number of halogens is 1. The van der Waals surface area contributed by atoms with E-state index in [-0.39, 0.29) is 11.2 Å². The lowest BCUT2D eigenvalue weighted by Gasteiger charge is -2.06. The van der Waals surface area contributed by atoms with Crippen molar-refractivity contribution in [2.24, 2.45) is 10.2 Å². The molecule has 1 heterocycles. The molecule has 0 radical (unpaired) electrons. The van der Waals surface area contributed by atoms with Gasteiger partial charge in [0.15, 0.2) is 5.17 Å². The first kappa shape index (κ1) is 19.2. The summed E-state index contributed by atoms with van der Waals surface area (Å²) in [5.74, 6) is 0.602. The lowest BCUT2D eigenvalue weighted by atomic mass is 10.1. The third-order valence-corrected chi connectivity index (χ3v) is 5.20. The summed E-state index contributed by atoms with van der Waals surface area (Å²) in [6.07, 6.45) is 3.81. The average Bonchev–Trinajstić information content (AvgIpc) is 3.02. The van der Waals surface area contributed by atoms with Crippen molar-refractivity contribution >= 4 is 40.7 Å². The van der Waals surface area contributed by atoms with Gasteiger partial charge in [-0.3, -0.25) is 4.79 Å². The van der Waals surface area contributed by atoms with Gasteiger partial charge in [-0.1, -0.05) is 66.3 Å². The highest BCUT2D eigenvalue weighted by molar-refractivity contribution is 8.15. The molecule has 1 aliphatic rings. The monoisotopic (exact) mass is 399 g/mol. The molecule has 1 unspecified atom stereocenters. The van der Waals surface area contributed by atoms with E-state index in [1.165, 1.54) is 11.8 Å². The minimum absolute atomic E-state index is 0.0939. The van der Waals surface area contributed by atoms with Gasteiger partial charge in [-0.25, -0.2) is 0 Å². The number of carbonyl (C=O) groups excluding carboxylic acids is 1. The van der Waals surface area contributed by atoms with Gasteiger partial charge < -0.3 is 10.1 Å². The van der Waals surface area contributed by atoms with Gasteiger partial charge in [0, 0.05) is 10.6 Å². The Hall–Kier alpha value is -2.57. The predicted molar refractivity (Wildman–Crippen MR) is 112 cm³/mol. The van der Waals surface area contributed by atoms with Crippen molar-refractivity contribution in [2.45, 2.75) is 11.7 Å². The molecule has 1 saturated heterocycles. The molecule has 3 rings (SSSR count). The molecule has 1 atom stereocenters. The molecule has 0 saturated carbocycles. The van der Waals surface area contributed by atoms with Gasteiger partial charge in [0.05, 0.1) is 11.5 Å². The smallest absolute Gasteiger partial charge is 0.239 e. The second-order valence-electron chi connectivity index (χ2n) is 5.68. The van der Waals surface area contributed by atoms with Crippen LogP contribution in [0.5, 0.6) is 5.75 Å². The Balaban J connectivity index is 1.65. The van der Waals surface area contributed by atoms with E-state index in [1.807, 2.05) is 48.5 Å². The van der Waals surface area contributed by atoms with Crippen LogP contribution >= 0.6 is 23.4 Å². The normalized spacial score (nSPS) is 18.0. The summed E-state index contributed by atoms with van der Waals surface area (Å²) in [5, 5.41) is 11.8. The zero-order chi connectivity index (χ0) is 19.1. The lowest BCUT2D eigenvalue weighted by molar-refractivity contribution is -0.118. The van der Waals surface area contributed by atoms with Gasteiger partial charge in [-0.05, 0) is 30.2 Å². The molecule has 138 valence electrons. The average molecular weight is 400 g/mol. The largest absolute Gasteiger partial charge is 0.489 e. The number of benzene rings is 2. The molecule has 0 aromatic heterocycles. The van der Waals surface area contributed by atoms with Crippen molar-refractivity contribution in [3.8, 4) is 5.75 Å². The van der Waals surface area contributed by atoms with E-state index in [1.54, 1.807) is 12.3 Å². The molecule has 1 N–H and O–H groups in total. The predicted octanol–water partition coefficient (Wildman–Crippen LogP) is 4.07. The standard InChI is InChI=1S/C20H18ClN3O2S/c1-2-11-26-17-10-6-4-8-15(17)13-22-24-20-23-19(25)18(27-20)12-14-7-3-5-9-16(14)21/h2-10,13,18H,1,11-12H2,(H,23,24,25)/b22-13+. The van der Waals surface area contributed by atoms with Crippen LogP contribution in [0.25, 0.3) is 0 Å². The number of nitrogens with zero attached hydrogens (tertiary/aromatic N) is 2. The first-order valence-electron chi connectivity index (χ1n) is 8.32. The fourth-order valence-corrected chi connectivity index (χ4v) is 3.63. The lowest BCUT2D eigenvalue weighted by Crippen LogP contribution is -2.26. The number of para-hydroxylation sites is 1. The van der Waals surface area contributed by atoms with Crippen LogP contribution < -0.4 is 10.1 Å². The van der Waals surface area contributed by atoms with E-state index in [4.69, 9.17) is 16.3 Å². The summed E-state index contributed by atoms with van der Waals surface area (Å²) in [6, 6.07) is 15.0. The summed E-state index contributed by atoms with van der Waals surface area (Å²) in [5.41, 5.74) is 1.73. The molecule has 27 heavy (non-hydrogen) atoms. The third-order valence-electron chi connectivity index (χ3n) is 3.76. The van der Waals surface area contributed by atoms with E-state index >= 15 is 0 Å². The molecule has 0 spiro atoms. The summed E-state index contributed by atoms with van der Waals surface area (Å²) in [7, 11) is 0. The molecule has 1 fully saturated rings. The van der Waals surface area contributed by atoms with Crippen LogP contribution in [0, 0.1) is 0 Å². The van der Waals surface area contributed by atoms with Crippen LogP contribution in [0.3, 0.4) is 0 Å². The number of thioether (sulfide) groups is 1. The molecule has 2 aromatic rings. The van der Waals surface area contributed by atoms with Gasteiger partial charge in [0.25, 0.3) is 0 Å². The second-order valence-corrected chi connectivity index (χ2v) is 7.28. The van der Waals surface area contributed by atoms with E-state index in [9.17, 15) is 4.79 Å². The SMILES string of the molecule is C=CCOc1ccccc1/C=N/N=C1\NC(=O)C(Cc2ccccc2Cl)S1.